The van der Waals surface area contributed by atoms with Crippen LogP contribution in [0.5, 0.6) is 0 Å². The third-order valence-corrected chi connectivity index (χ3v) is 6.09. The molecule has 1 amide bonds. The summed E-state index contributed by atoms with van der Waals surface area (Å²) in [6, 6.07) is 18.0. The van der Waals surface area contributed by atoms with Gasteiger partial charge in [0, 0.05) is 24.5 Å². The number of para-hydroxylation sites is 1. The third kappa shape index (κ3) is 5.72. The van der Waals surface area contributed by atoms with Crippen molar-refractivity contribution in [1.29, 1.82) is 0 Å². The van der Waals surface area contributed by atoms with Gasteiger partial charge in [0.2, 0.25) is 5.91 Å². The maximum Gasteiger partial charge on any atom is 0.234 e. The molecular weight excluding hydrogens is 410 g/mol. The molecule has 0 unspecified atom stereocenters. The van der Waals surface area contributed by atoms with E-state index in [0.29, 0.717) is 11.7 Å². The number of hydrogen-bond donors (Lipinski definition) is 1. The molecule has 1 aliphatic heterocycles. The van der Waals surface area contributed by atoms with Gasteiger partial charge in [0.1, 0.15) is 0 Å². The Balaban J connectivity index is 1.46. The molecule has 1 aromatic heterocycles. The molecule has 2 aromatic carbocycles. The number of anilines is 1. The second-order valence-corrected chi connectivity index (χ2v) is 8.29. The monoisotopic (exact) mass is 437 g/mol. The summed E-state index contributed by atoms with van der Waals surface area (Å²) in [4.78, 5) is 14.8. The minimum absolute atomic E-state index is 0.0633. The number of aromatic nitrogens is 3. The van der Waals surface area contributed by atoms with Crippen molar-refractivity contribution in [2.45, 2.75) is 25.0 Å². The molecule has 0 radical (unpaired) electrons. The first kappa shape index (κ1) is 21.5. The summed E-state index contributed by atoms with van der Waals surface area (Å²) in [5.74, 6) is 1.07. The number of hydrogen-bond acceptors (Lipinski definition) is 6. The van der Waals surface area contributed by atoms with Crippen LogP contribution in [0, 0.1) is 0 Å². The molecule has 2 heterocycles. The standard InChI is InChI=1S/C23H27N5O2S/c1-2-18-8-10-19(11-9-18)24-22(29)17-31-23-26-25-21(16-27-12-14-30-15-13-27)28(23)20-6-4-3-5-7-20/h3-11H,2,12-17H2,1H3,(H,24,29). The highest BCUT2D eigenvalue weighted by Crippen LogP contribution is 2.23. The predicted molar refractivity (Wildman–Crippen MR) is 123 cm³/mol. The van der Waals surface area contributed by atoms with Crippen LogP contribution < -0.4 is 5.32 Å². The first-order valence-electron chi connectivity index (χ1n) is 10.5. The molecule has 31 heavy (non-hydrogen) atoms. The smallest absolute Gasteiger partial charge is 0.234 e. The lowest BCUT2D eigenvalue weighted by Gasteiger charge is -2.26. The molecule has 1 fully saturated rings. The molecule has 3 aromatic rings. The molecule has 1 aliphatic rings. The van der Waals surface area contributed by atoms with E-state index in [2.05, 4.69) is 27.3 Å². The number of rotatable bonds is 8. The summed E-state index contributed by atoms with van der Waals surface area (Å²) in [5.41, 5.74) is 3.05. The Morgan fingerprint density at radius 1 is 1.06 bits per heavy atom. The number of aryl methyl sites for hydroxylation is 1. The van der Waals surface area contributed by atoms with Gasteiger partial charge in [-0.25, -0.2) is 0 Å². The zero-order chi connectivity index (χ0) is 21.5. The fraction of sp³-hybridized carbons (Fsp3) is 0.348. The maximum atomic E-state index is 12.5. The van der Waals surface area contributed by atoms with Crippen LogP contribution in [-0.2, 0) is 22.5 Å². The van der Waals surface area contributed by atoms with Crippen LogP contribution in [-0.4, -0.2) is 57.6 Å². The van der Waals surface area contributed by atoms with Crippen molar-refractivity contribution in [1.82, 2.24) is 19.7 Å². The van der Waals surface area contributed by atoms with Crippen LogP contribution in [0.4, 0.5) is 5.69 Å². The Morgan fingerprint density at radius 2 is 1.81 bits per heavy atom. The second-order valence-electron chi connectivity index (χ2n) is 7.35. The first-order valence-corrected chi connectivity index (χ1v) is 11.5. The van der Waals surface area contributed by atoms with Crippen molar-refractivity contribution < 1.29 is 9.53 Å². The lowest BCUT2D eigenvalue weighted by atomic mass is 10.1. The lowest BCUT2D eigenvalue weighted by Crippen LogP contribution is -2.36. The topological polar surface area (TPSA) is 72.3 Å². The van der Waals surface area contributed by atoms with E-state index in [0.717, 1.165) is 49.9 Å². The Morgan fingerprint density at radius 3 is 2.52 bits per heavy atom. The van der Waals surface area contributed by atoms with Gasteiger partial charge in [0.15, 0.2) is 11.0 Å². The number of ether oxygens (including phenoxy) is 1. The van der Waals surface area contributed by atoms with E-state index in [-0.39, 0.29) is 11.7 Å². The van der Waals surface area contributed by atoms with E-state index in [9.17, 15) is 4.79 Å². The summed E-state index contributed by atoms with van der Waals surface area (Å²) in [6.07, 6.45) is 0.978. The van der Waals surface area contributed by atoms with Gasteiger partial charge in [0.05, 0.1) is 25.5 Å². The average Bonchev–Trinajstić information content (AvgIpc) is 3.22. The highest BCUT2D eigenvalue weighted by atomic mass is 32.2. The highest BCUT2D eigenvalue weighted by Gasteiger charge is 2.19. The quantitative estimate of drug-likeness (QED) is 0.545. The number of carbonyl (C=O) groups is 1. The molecule has 7 nitrogen and oxygen atoms in total. The normalized spacial score (nSPS) is 14.5. The maximum absolute atomic E-state index is 12.5. The van der Waals surface area contributed by atoms with Crippen LogP contribution in [0.1, 0.15) is 18.3 Å². The molecule has 1 saturated heterocycles. The lowest BCUT2D eigenvalue weighted by molar-refractivity contribution is -0.113. The van der Waals surface area contributed by atoms with Gasteiger partial charge in [-0.15, -0.1) is 10.2 Å². The van der Waals surface area contributed by atoms with Gasteiger partial charge in [0.25, 0.3) is 0 Å². The van der Waals surface area contributed by atoms with Crippen molar-refractivity contribution in [3.05, 3.63) is 66.0 Å². The van der Waals surface area contributed by atoms with Crippen molar-refractivity contribution >= 4 is 23.4 Å². The Hall–Kier alpha value is -2.68. The largest absolute Gasteiger partial charge is 0.379 e. The van der Waals surface area contributed by atoms with Crippen molar-refractivity contribution in [2.24, 2.45) is 0 Å². The highest BCUT2D eigenvalue weighted by molar-refractivity contribution is 7.99. The van der Waals surface area contributed by atoms with Gasteiger partial charge in [-0.3, -0.25) is 14.3 Å². The molecule has 4 rings (SSSR count). The molecular formula is C23H27N5O2S. The number of amides is 1. The second kappa shape index (κ2) is 10.6. The molecule has 8 heteroatoms. The number of benzene rings is 2. The van der Waals surface area contributed by atoms with E-state index in [4.69, 9.17) is 4.74 Å². The van der Waals surface area contributed by atoms with Crippen LogP contribution in [0.3, 0.4) is 0 Å². The first-order chi connectivity index (χ1) is 15.2. The molecule has 1 N–H and O–H groups in total. The van der Waals surface area contributed by atoms with Gasteiger partial charge < -0.3 is 10.1 Å². The molecule has 0 aliphatic carbocycles. The predicted octanol–water partition coefficient (Wildman–Crippen LogP) is 3.39. The van der Waals surface area contributed by atoms with Gasteiger partial charge in [-0.2, -0.15) is 0 Å². The van der Waals surface area contributed by atoms with Crippen molar-refractivity contribution in [2.75, 3.05) is 37.4 Å². The molecule has 0 spiro atoms. The molecule has 0 saturated carbocycles. The summed E-state index contributed by atoms with van der Waals surface area (Å²) in [5, 5.41) is 12.5. The van der Waals surface area contributed by atoms with Gasteiger partial charge in [-0.05, 0) is 36.2 Å². The number of nitrogens with zero attached hydrogens (tertiary/aromatic N) is 4. The van der Waals surface area contributed by atoms with Gasteiger partial charge in [-0.1, -0.05) is 49.0 Å². The number of morpholine rings is 1. The van der Waals surface area contributed by atoms with E-state index in [1.54, 1.807) is 0 Å². The van der Waals surface area contributed by atoms with Crippen LogP contribution in [0.15, 0.2) is 59.8 Å². The Labute approximate surface area is 186 Å². The van der Waals surface area contributed by atoms with Crippen molar-refractivity contribution in [3.8, 4) is 5.69 Å². The fourth-order valence-corrected chi connectivity index (χ4v) is 4.21. The van der Waals surface area contributed by atoms with E-state index >= 15 is 0 Å². The van der Waals surface area contributed by atoms with E-state index in [1.165, 1.54) is 17.3 Å². The summed E-state index contributed by atoms with van der Waals surface area (Å²) in [7, 11) is 0. The molecule has 0 bridgehead atoms. The average molecular weight is 438 g/mol. The van der Waals surface area contributed by atoms with E-state index < -0.39 is 0 Å². The summed E-state index contributed by atoms with van der Waals surface area (Å²) in [6.45, 7) is 6.04. The Bertz CT molecular complexity index is 985. The number of thioether (sulfide) groups is 1. The zero-order valence-corrected chi connectivity index (χ0v) is 18.5. The zero-order valence-electron chi connectivity index (χ0n) is 17.7. The van der Waals surface area contributed by atoms with Crippen molar-refractivity contribution in [3.63, 3.8) is 0 Å². The number of nitrogens with one attached hydrogen (secondary N) is 1. The number of carbonyl (C=O) groups excluding carboxylic acids is 1. The molecule has 0 atom stereocenters. The minimum Gasteiger partial charge on any atom is -0.379 e. The Kier molecular flexibility index (Phi) is 7.35. The van der Waals surface area contributed by atoms with E-state index in [1.807, 2.05) is 59.2 Å². The SMILES string of the molecule is CCc1ccc(NC(=O)CSc2nnc(CN3CCOCC3)n2-c2ccccc2)cc1. The van der Waals surface area contributed by atoms with Crippen LogP contribution in [0.2, 0.25) is 0 Å². The third-order valence-electron chi connectivity index (χ3n) is 5.16. The minimum atomic E-state index is -0.0633. The van der Waals surface area contributed by atoms with Gasteiger partial charge >= 0.3 is 0 Å². The fourth-order valence-electron chi connectivity index (χ4n) is 3.44. The van der Waals surface area contributed by atoms with Crippen LogP contribution >= 0.6 is 11.8 Å². The van der Waals surface area contributed by atoms with Crippen LogP contribution in [0.25, 0.3) is 5.69 Å². The summed E-state index contributed by atoms with van der Waals surface area (Å²) >= 11 is 1.39. The summed E-state index contributed by atoms with van der Waals surface area (Å²) < 4.78 is 7.50. The molecule has 162 valence electrons.